The molecule has 0 aliphatic heterocycles. The largest absolute Gasteiger partial charge is 0.444 e. The maximum Gasteiger partial charge on any atom is 0.408 e. The van der Waals surface area contributed by atoms with Crippen LogP contribution in [0, 0.1) is 13.8 Å². The Balaban J connectivity index is 2.44. The van der Waals surface area contributed by atoms with Crippen molar-refractivity contribution in [2.75, 3.05) is 6.54 Å². The van der Waals surface area contributed by atoms with Crippen molar-refractivity contribution in [3.63, 3.8) is 0 Å². The molecule has 1 saturated carbocycles. The molecule has 9 nitrogen and oxygen atoms in total. The fourth-order valence-corrected chi connectivity index (χ4v) is 4.56. The molecule has 1 aromatic carbocycles. The molecule has 9 heteroatoms. The molecule has 2 unspecified atom stereocenters. The number of aryl methyl sites for hydroxylation is 1. The molecule has 36 heavy (non-hydrogen) atoms. The summed E-state index contributed by atoms with van der Waals surface area (Å²) in [6.07, 6.45) is 3.79. The topological polar surface area (TPSA) is 131 Å². The van der Waals surface area contributed by atoms with Gasteiger partial charge < -0.3 is 26.0 Å². The van der Waals surface area contributed by atoms with Gasteiger partial charge in [-0.15, -0.1) is 0 Å². The Labute approximate surface area is 214 Å². The summed E-state index contributed by atoms with van der Waals surface area (Å²) in [5.74, 6) is -1.61. The van der Waals surface area contributed by atoms with E-state index in [-0.39, 0.29) is 18.5 Å². The highest BCUT2D eigenvalue weighted by Crippen LogP contribution is 2.28. The van der Waals surface area contributed by atoms with Crippen LogP contribution in [0.3, 0.4) is 0 Å². The molecule has 0 saturated heterocycles. The van der Waals surface area contributed by atoms with E-state index in [0.29, 0.717) is 5.56 Å². The number of rotatable bonds is 9. The van der Waals surface area contributed by atoms with Crippen molar-refractivity contribution in [1.29, 1.82) is 0 Å². The standard InChI is InChI=1S/C27H42N4O5/c1-7-31(25(34)21(16-22(28)32)30-26(35)36-27(4,5)6)23(20-15-11-12-17(2)18(20)3)24(33)29-19-13-9-8-10-14-19/h11-12,15,19,21,23H,7-10,13-14,16H2,1-6H3,(H2,28,32)(H,29,33)(H,30,35). The molecule has 2 atom stereocenters. The first-order valence-corrected chi connectivity index (χ1v) is 12.8. The van der Waals surface area contributed by atoms with Crippen LogP contribution in [0.4, 0.5) is 4.79 Å². The summed E-state index contributed by atoms with van der Waals surface area (Å²) in [7, 11) is 0. The van der Waals surface area contributed by atoms with E-state index in [9.17, 15) is 19.2 Å². The van der Waals surface area contributed by atoms with E-state index in [1.165, 1.54) is 4.90 Å². The van der Waals surface area contributed by atoms with E-state index < -0.39 is 42.0 Å². The van der Waals surface area contributed by atoms with Gasteiger partial charge in [-0.3, -0.25) is 14.4 Å². The van der Waals surface area contributed by atoms with Gasteiger partial charge in [0.2, 0.25) is 17.7 Å². The van der Waals surface area contributed by atoms with Crippen LogP contribution in [0.2, 0.25) is 0 Å². The number of primary amides is 1. The fraction of sp³-hybridized carbons (Fsp3) is 0.630. The summed E-state index contributed by atoms with van der Waals surface area (Å²) in [5.41, 5.74) is 7.21. The number of amides is 4. The highest BCUT2D eigenvalue weighted by atomic mass is 16.6. The van der Waals surface area contributed by atoms with E-state index in [1.807, 2.05) is 32.0 Å². The number of hydrogen-bond donors (Lipinski definition) is 3. The quantitative estimate of drug-likeness (QED) is 0.476. The molecule has 1 aromatic rings. The van der Waals surface area contributed by atoms with Crippen LogP contribution in [-0.4, -0.2) is 52.9 Å². The first-order chi connectivity index (χ1) is 16.8. The molecule has 0 bridgehead atoms. The SMILES string of the molecule is CCN(C(=O)C(CC(N)=O)NC(=O)OC(C)(C)C)C(C(=O)NC1CCCCC1)c1cccc(C)c1C. The van der Waals surface area contributed by atoms with Crippen molar-refractivity contribution in [2.45, 2.75) is 104 Å². The number of nitrogens with zero attached hydrogens (tertiary/aromatic N) is 1. The molecule has 0 radical (unpaired) electrons. The maximum absolute atomic E-state index is 13.8. The molecule has 1 aliphatic rings. The number of carbonyl (C=O) groups is 4. The summed E-state index contributed by atoms with van der Waals surface area (Å²) < 4.78 is 5.29. The second-order valence-corrected chi connectivity index (χ2v) is 10.5. The second kappa shape index (κ2) is 12.7. The zero-order valence-corrected chi connectivity index (χ0v) is 22.5. The Bertz CT molecular complexity index is 950. The minimum atomic E-state index is -1.27. The lowest BCUT2D eigenvalue weighted by Crippen LogP contribution is -2.54. The number of likely N-dealkylation sites (N-methyl/N-ethyl adjacent to an activating group) is 1. The van der Waals surface area contributed by atoms with Gasteiger partial charge in [-0.25, -0.2) is 4.79 Å². The van der Waals surface area contributed by atoms with Crippen molar-refractivity contribution < 1.29 is 23.9 Å². The minimum absolute atomic E-state index is 0.0500. The molecule has 4 amide bonds. The van der Waals surface area contributed by atoms with Crippen LogP contribution in [0.1, 0.15) is 89.0 Å². The summed E-state index contributed by atoms with van der Waals surface area (Å²) in [4.78, 5) is 53.2. The minimum Gasteiger partial charge on any atom is -0.444 e. The molecular formula is C27H42N4O5. The summed E-state index contributed by atoms with van der Waals surface area (Å²) in [5, 5.41) is 5.64. The molecular weight excluding hydrogens is 460 g/mol. The number of nitrogens with one attached hydrogen (secondary N) is 2. The van der Waals surface area contributed by atoms with Crippen LogP contribution in [0.25, 0.3) is 0 Å². The smallest absolute Gasteiger partial charge is 0.408 e. The highest BCUT2D eigenvalue weighted by molar-refractivity contribution is 5.94. The predicted octanol–water partition coefficient (Wildman–Crippen LogP) is 3.41. The lowest BCUT2D eigenvalue weighted by molar-refractivity contribution is -0.143. The van der Waals surface area contributed by atoms with Gasteiger partial charge in [0, 0.05) is 12.6 Å². The summed E-state index contributed by atoms with van der Waals surface area (Å²) in [6, 6.07) is 3.50. The van der Waals surface area contributed by atoms with E-state index in [1.54, 1.807) is 27.7 Å². The van der Waals surface area contributed by atoms with E-state index in [2.05, 4.69) is 10.6 Å². The number of hydrogen-bond acceptors (Lipinski definition) is 5. The van der Waals surface area contributed by atoms with Gasteiger partial charge in [0.1, 0.15) is 17.7 Å². The van der Waals surface area contributed by atoms with Gasteiger partial charge in [0.25, 0.3) is 0 Å². The van der Waals surface area contributed by atoms with Crippen molar-refractivity contribution in [1.82, 2.24) is 15.5 Å². The Morgan fingerprint density at radius 1 is 1.11 bits per heavy atom. The highest BCUT2D eigenvalue weighted by Gasteiger charge is 2.37. The molecule has 2 rings (SSSR count). The number of carbonyl (C=O) groups excluding carboxylic acids is 4. The van der Waals surface area contributed by atoms with Gasteiger partial charge in [-0.1, -0.05) is 37.5 Å². The molecule has 4 N–H and O–H groups in total. The van der Waals surface area contributed by atoms with E-state index in [0.717, 1.165) is 43.2 Å². The molecule has 1 aliphatic carbocycles. The van der Waals surface area contributed by atoms with E-state index >= 15 is 0 Å². The Morgan fingerprint density at radius 3 is 2.31 bits per heavy atom. The van der Waals surface area contributed by atoms with Crippen molar-refractivity contribution >= 4 is 23.8 Å². The van der Waals surface area contributed by atoms with Gasteiger partial charge >= 0.3 is 6.09 Å². The van der Waals surface area contributed by atoms with Gasteiger partial charge in [0.15, 0.2) is 0 Å². The monoisotopic (exact) mass is 502 g/mol. The number of benzene rings is 1. The Hall–Kier alpha value is -3.10. The third kappa shape index (κ3) is 8.24. The molecule has 0 spiro atoms. The number of alkyl carbamates (subject to hydrolysis) is 1. The number of nitrogens with two attached hydrogens (primary N) is 1. The van der Waals surface area contributed by atoms with Crippen LogP contribution < -0.4 is 16.4 Å². The predicted molar refractivity (Wildman–Crippen MR) is 138 cm³/mol. The van der Waals surface area contributed by atoms with Crippen LogP contribution in [0.15, 0.2) is 18.2 Å². The van der Waals surface area contributed by atoms with Crippen molar-refractivity contribution in [3.8, 4) is 0 Å². The van der Waals surface area contributed by atoms with Crippen molar-refractivity contribution in [2.24, 2.45) is 5.73 Å². The first-order valence-electron chi connectivity index (χ1n) is 12.8. The summed E-state index contributed by atoms with van der Waals surface area (Å²) >= 11 is 0. The average Bonchev–Trinajstić information content (AvgIpc) is 2.77. The molecule has 200 valence electrons. The molecule has 0 aromatic heterocycles. The van der Waals surface area contributed by atoms with Gasteiger partial charge in [-0.05, 0) is 71.1 Å². The zero-order valence-electron chi connectivity index (χ0n) is 22.5. The Kier molecular flexibility index (Phi) is 10.3. The van der Waals surface area contributed by atoms with E-state index in [4.69, 9.17) is 10.5 Å². The normalized spacial score (nSPS) is 15.9. The second-order valence-electron chi connectivity index (χ2n) is 10.5. The zero-order chi connectivity index (χ0) is 27.0. The maximum atomic E-state index is 13.8. The third-order valence-electron chi connectivity index (χ3n) is 6.47. The lowest BCUT2D eigenvalue weighted by Gasteiger charge is -2.35. The lowest BCUT2D eigenvalue weighted by atomic mass is 9.92. The van der Waals surface area contributed by atoms with Gasteiger partial charge in [0.05, 0.1) is 6.42 Å². The third-order valence-corrected chi connectivity index (χ3v) is 6.47. The molecule has 1 fully saturated rings. The van der Waals surface area contributed by atoms with Gasteiger partial charge in [-0.2, -0.15) is 0 Å². The van der Waals surface area contributed by atoms with Crippen LogP contribution in [-0.2, 0) is 19.1 Å². The number of ether oxygens (including phenoxy) is 1. The fourth-order valence-electron chi connectivity index (χ4n) is 4.56. The first kappa shape index (κ1) is 29.1. The van der Waals surface area contributed by atoms with Crippen LogP contribution in [0.5, 0.6) is 0 Å². The van der Waals surface area contributed by atoms with Crippen LogP contribution >= 0.6 is 0 Å². The Morgan fingerprint density at radius 2 is 1.75 bits per heavy atom. The average molecular weight is 503 g/mol. The molecule has 0 heterocycles. The van der Waals surface area contributed by atoms with Crippen molar-refractivity contribution in [3.05, 3.63) is 34.9 Å². The summed E-state index contributed by atoms with van der Waals surface area (Å²) in [6.45, 7) is 10.9.